The number of Topliss-reactive ketones (excluding diaryl/α,β-unsaturated/α-hetero) is 1. The molecule has 0 radical (unpaired) electrons. The average molecular weight is 346 g/mol. The van der Waals surface area contributed by atoms with E-state index in [1.165, 1.54) is 5.56 Å². The Kier molecular flexibility index (Phi) is 5.36. The first kappa shape index (κ1) is 17.2. The summed E-state index contributed by atoms with van der Waals surface area (Å²) >= 11 is 6.03. The summed E-state index contributed by atoms with van der Waals surface area (Å²) in [6.45, 7) is 7.75. The Morgan fingerprint density at radius 3 is 2.96 bits per heavy atom. The summed E-state index contributed by atoms with van der Waals surface area (Å²) < 4.78 is 1.98. The number of ketones is 1. The van der Waals surface area contributed by atoms with Crippen LogP contribution in [0.3, 0.4) is 0 Å². The molecule has 0 saturated carbocycles. The number of rotatable bonds is 5. The van der Waals surface area contributed by atoms with E-state index in [0.29, 0.717) is 5.02 Å². The van der Waals surface area contributed by atoms with E-state index in [1.807, 2.05) is 16.8 Å². The maximum atomic E-state index is 12.8. The molecule has 0 unspecified atom stereocenters. The summed E-state index contributed by atoms with van der Waals surface area (Å²) in [5.41, 5.74) is 3.07. The van der Waals surface area contributed by atoms with Gasteiger partial charge < -0.3 is 0 Å². The van der Waals surface area contributed by atoms with Gasteiger partial charge in [0, 0.05) is 47.9 Å². The van der Waals surface area contributed by atoms with Gasteiger partial charge in [0.2, 0.25) is 0 Å². The highest BCUT2D eigenvalue weighted by molar-refractivity contribution is 6.31. The quantitative estimate of drug-likeness (QED) is 0.770. The topological polar surface area (TPSA) is 38.1 Å². The van der Waals surface area contributed by atoms with Gasteiger partial charge in [0.25, 0.3) is 0 Å². The number of likely N-dealkylation sites (tertiary alicyclic amines) is 1. The number of nitrogens with zero attached hydrogens (tertiary/aromatic N) is 3. The number of halogens is 1. The van der Waals surface area contributed by atoms with Gasteiger partial charge in [-0.05, 0) is 45.4 Å². The lowest BCUT2D eigenvalue weighted by molar-refractivity contribution is 0.0811. The number of hydrogen-bond donors (Lipinski definition) is 0. The molecule has 1 aromatic heterocycles. The zero-order valence-corrected chi connectivity index (χ0v) is 15.1. The Balaban J connectivity index is 1.67. The molecule has 1 atom stereocenters. The fraction of sp³-hybridized carbons (Fsp3) is 0.474. The molecule has 4 nitrogen and oxygen atoms in total. The van der Waals surface area contributed by atoms with Crippen molar-refractivity contribution in [1.82, 2.24) is 14.7 Å². The monoisotopic (exact) mass is 345 g/mol. The number of carbonyl (C=O) groups is 1. The maximum absolute atomic E-state index is 12.8. The lowest BCUT2D eigenvalue weighted by atomic mass is 9.90. The highest BCUT2D eigenvalue weighted by Gasteiger charge is 2.27. The van der Waals surface area contributed by atoms with Crippen molar-refractivity contribution in [1.29, 1.82) is 0 Å². The maximum Gasteiger partial charge on any atom is 0.167 e. The molecule has 2 heterocycles. The third kappa shape index (κ3) is 3.87. The van der Waals surface area contributed by atoms with Crippen LogP contribution in [-0.2, 0) is 13.1 Å². The molecule has 3 rings (SSSR count). The van der Waals surface area contributed by atoms with Gasteiger partial charge in [-0.25, -0.2) is 0 Å². The van der Waals surface area contributed by atoms with E-state index >= 15 is 0 Å². The van der Waals surface area contributed by atoms with Gasteiger partial charge in [-0.2, -0.15) is 5.10 Å². The van der Waals surface area contributed by atoms with Crippen LogP contribution < -0.4 is 0 Å². The molecule has 0 aliphatic carbocycles. The minimum Gasteiger partial charge on any atom is -0.298 e. The van der Waals surface area contributed by atoms with E-state index in [9.17, 15) is 4.79 Å². The van der Waals surface area contributed by atoms with Crippen LogP contribution >= 0.6 is 11.6 Å². The van der Waals surface area contributed by atoms with Crippen LogP contribution in [0.15, 0.2) is 30.5 Å². The molecular formula is C19H24ClN3O. The van der Waals surface area contributed by atoms with Crippen molar-refractivity contribution in [2.75, 3.05) is 13.1 Å². The minimum atomic E-state index is 0.0544. The van der Waals surface area contributed by atoms with Crippen LogP contribution in [0.25, 0.3) is 0 Å². The van der Waals surface area contributed by atoms with Gasteiger partial charge >= 0.3 is 0 Å². The van der Waals surface area contributed by atoms with Gasteiger partial charge in [0.1, 0.15) is 0 Å². The summed E-state index contributed by atoms with van der Waals surface area (Å²) in [5.74, 6) is 0.266. The molecular weight excluding hydrogens is 322 g/mol. The lowest BCUT2D eigenvalue weighted by Gasteiger charge is -2.31. The van der Waals surface area contributed by atoms with Crippen molar-refractivity contribution in [3.8, 4) is 0 Å². The van der Waals surface area contributed by atoms with Crippen molar-refractivity contribution >= 4 is 17.4 Å². The van der Waals surface area contributed by atoms with Crippen molar-refractivity contribution in [2.24, 2.45) is 5.92 Å². The van der Waals surface area contributed by atoms with Crippen LogP contribution in [0, 0.1) is 12.8 Å². The summed E-state index contributed by atoms with van der Waals surface area (Å²) in [4.78, 5) is 15.1. The lowest BCUT2D eigenvalue weighted by Crippen LogP contribution is -2.38. The predicted molar refractivity (Wildman–Crippen MR) is 96.4 cm³/mol. The van der Waals surface area contributed by atoms with E-state index < -0.39 is 0 Å². The van der Waals surface area contributed by atoms with Gasteiger partial charge in [-0.3, -0.25) is 14.4 Å². The van der Waals surface area contributed by atoms with Gasteiger partial charge in [-0.15, -0.1) is 0 Å². The Labute approximate surface area is 148 Å². The molecule has 1 aliphatic heterocycles. The second kappa shape index (κ2) is 7.49. The third-order valence-electron chi connectivity index (χ3n) is 4.75. The van der Waals surface area contributed by atoms with Crippen molar-refractivity contribution < 1.29 is 4.79 Å². The van der Waals surface area contributed by atoms with Crippen molar-refractivity contribution in [2.45, 2.75) is 39.8 Å². The summed E-state index contributed by atoms with van der Waals surface area (Å²) in [7, 11) is 0. The number of benzene rings is 1. The normalized spacial score (nSPS) is 18.7. The van der Waals surface area contributed by atoms with E-state index in [1.54, 1.807) is 12.1 Å². The van der Waals surface area contributed by atoms with Crippen molar-refractivity contribution in [3.63, 3.8) is 0 Å². The van der Waals surface area contributed by atoms with E-state index in [2.05, 4.69) is 30.0 Å². The number of carbonyl (C=O) groups excluding carboxylic acids is 1. The SMILES string of the molecule is CCn1cc(CN2CCC[C@@H](C(=O)c3cccc(Cl)c3)C2)c(C)n1. The average Bonchev–Trinajstić information content (AvgIpc) is 2.94. The van der Waals surface area contributed by atoms with E-state index in [0.717, 1.165) is 50.3 Å². The first-order valence-corrected chi connectivity index (χ1v) is 8.99. The zero-order chi connectivity index (χ0) is 17.1. The molecule has 1 fully saturated rings. The molecule has 0 bridgehead atoms. The number of hydrogen-bond acceptors (Lipinski definition) is 3. The Morgan fingerprint density at radius 2 is 2.25 bits per heavy atom. The van der Waals surface area contributed by atoms with Gasteiger partial charge in [0.05, 0.1) is 5.69 Å². The van der Waals surface area contributed by atoms with E-state index in [4.69, 9.17) is 11.6 Å². The molecule has 0 spiro atoms. The molecule has 5 heteroatoms. The van der Waals surface area contributed by atoms with Crippen LogP contribution in [0.1, 0.15) is 41.4 Å². The summed E-state index contributed by atoms with van der Waals surface area (Å²) in [6.07, 6.45) is 4.13. The zero-order valence-electron chi connectivity index (χ0n) is 14.3. The fourth-order valence-electron chi connectivity index (χ4n) is 3.41. The molecule has 1 aromatic carbocycles. The van der Waals surface area contributed by atoms with Gasteiger partial charge in [0.15, 0.2) is 5.78 Å². The Bertz CT molecular complexity index is 725. The number of aryl methyl sites for hydroxylation is 2. The third-order valence-corrected chi connectivity index (χ3v) is 4.99. The first-order chi connectivity index (χ1) is 11.6. The molecule has 1 aliphatic rings. The second-order valence-corrected chi connectivity index (χ2v) is 6.98. The molecule has 24 heavy (non-hydrogen) atoms. The van der Waals surface area contributed by atoms with Crippen molar-refractivity contribution in [3.05, 3.63) is 52.3 Å². The van der Waals surface area contributed by atoms with Crippen LogP contribution in [0.5, 0.6) is 0 Å². The first-order valence-electron chi connectivity index (χ1n) is 8.62. The van der Waals surface area contributed by atoms with Crippen LogP contribution in [-0.4, -0.2) is 33.6 Å². The molecule has 0 N–H and O–H groups in total. The summed E-state index contributed by atoms with van der Waals surface area (Å²) in [5, 5.41) is 5.14. The smallest absolute Gasteiger partial charge is 0.167 e. The Hall–Kier alpha value is -1.65. The fourth-order valence-corrected chi connectivity index (χ4v) is 3.60. The molecule has 2 aromatic rings. The predicted octanol–water partition coefficient (Wildman–Crippen LogP) is 3.96. The Morgan fingerprint density at radius 1 is 1.42 bits per heavy atom. The minimum absolute atomic E-state index is 0.0544. The largest absolute Gasteiger partial charge is 0.298 e. The highest BCUT2D eigenvalue weighted by atomic mass is 35.5. The molecule has 128 valence electrons. The number of piperidine rings is 1. The van der Waals surface area contributed by atoms with E-state index in [-0.39, 0.29) is 11.7 Å². The van der Waals surface area contributed by atoms with Crippen LogP contribution in [0.4, 0.5) is 0 Å². The molecule has 1 saturated heterocycles. The van der Waals surface area contributed by atoms with Gasteiger partial charge in [-0.1, -0.05) is 23.7 Å². The number of aromatic nitrogens is 2. The highest BCUT2D eigenvalue weighted by Crippen LogP contribution is 2.24. The van der Waals surface area contributed by atoms with Crippen LogP contribution in [0.2, 0.25) is 5.02 Å². The summed E-state index contributed by atoms with van der Waals surface area (Å²) in [6, 6.07) is 7.29. The second-order valence-electron chi connectivity index (χ2n) is 6.54. The standard InChI is InChI=1S/C19H24ClN3O/c1-3-23-13-17(14(2)21-23)12-22-9-5-7-16(11-22)19(24)15-6-4-8-18(20)10-15/h4,6,8,10,13,16H,3,5,7,9,11-12H2,1-2H3/t16-/m1/s1. The molecule has 0 amide bonds.